The molecular weight excluding hydrogens is 314 g/mol. The molecule has 1 N–H and O–H groups in total. The van der Waals surface area contributed by atoms with Gasteiger partial charge in [-0.25, -0.2) is 0 Å². The molecule has 0 aromatic heterocycles. The third-order valence-corrected chi connectivity index (χ3v) is 3.91. The lowest BCUT2D eigenvalue weighted by Gasteiger charge is -2.11. The maximum Gasteiger partial charge on any atom is 0.220 e. The Morgan fingerprint density at radius 2 is 1.87 bits per heavy atom. The maximum atomic E-state index is 12.0. The fourth-order valence-electron chi connectivity index (χ4n) is 2.25. The zero-order chi connectivity index (χ0) is 16.7. The normalized spacial score (nSPS) is 10.2. The first kappa shape index (κ1) is 17.2. The lowest BCUT2D eigenvalue weighted by Crippen LogP contribution is -2.23. The molecule has 0 unspecified atom stereocenters. The van der Waals surface area contributed by atoms with E-state index in [-0.39, 0.29) is 5.91 Å². The van der Waals surface area contributed by atoms with Crippen LogP contribution in [0.2, 0.25) is 5.02 Å². The molecule has 0 atom stereocenters. The number of carbonyl (C=O) groups excluding carboxylic acids is 1. The highest BCUT2D eigenvalue weighted by Gasteiger charge is 2.08. The Labute approximate surface area is 141 Å². The van der Waals surface area contributed by atoms with Crippen LogP contribution in [0.5, 0.6) is 11.5 Å². The van der Waals surface area contributed by atoms with Crippen LogP contribution in [-0.2, 0) is 17.8 Å². The number of methoxy groups -OCH3 is 2. The molecule has 0 bridgehead atoms. The van der Waals surface area contributed by atoms with Gasteiger partial charge in [0.15, 0.2) is 0 Å². The van der Waals surface area contributed by atoms with E-state index in [1.807, 2.05) is 42.5 Å². The summed E-state index contributed by atoms with van der Waals surface area (Å²) in [5, 5.41) is 3.59. The van der Waals surface area contributed by atoms with Crippen molar-refractivity contribution in [3.8, 4) is 11.5 Å². The minimum atomic E-state index is -0.0326. The van der Waals surface area contributed by atoms with Gasteiger partial charge in [0.05, 0.1) is 14.2 Å². The topological polar surface area (TPSA) is 47.6 Å². The van der Waals surface area contributed by atoms with Gasteiger partial charge in [0.1, 0.15) is 11.5 Å². The Balaban J connectivity index is 1.90. The standard InChI is InChI=1S/C18H20ClNO3/c1-22-15-8-9-17(23-2)14(11-15)12-20-18(21)10-7-13-5-3-4-6-16(13)19/h3-6,8-9,11H,7,10,12H2,1-2H3,(H,20,21). The first-order valence-corrected chi connectivity index (χ1v) is 7.73. The molecular formula is C18H20ClNO3. The average molecular weight is 334 g/mol. The Bertz CT molecular complexity index is 673. The summed E-state index contributed by atoms with van der Waals surface area (Å²) in [6.07, 6.45) is 0.997. The Kier molecular flexibility index (Phi) is 6.29. The third-order valence-electron chi connectivity index (χ3n) is 3.54. The highest BCUT2D eigenvalue weighted by Crippen LogP contribution is 2.23. The van der Waals surface area contributed by atoms with E-state index >= 15 is 0 Å². The molecule has 2 aromatic carbocycles. The van der Waals surface area contributed by atoms with Crippen molar-refractivity contribution >= 4 is 17.5 Å². The van der Waals surface area contributed by atoms with Crippen LogP contribution in [0, 0.1) is 0 Å². The fraction of sp³-hybridized carbons (Fsp3) is 0.278. The van der Waals surface area contributed by atoms with Gasteiger partial charge in [0.25, 0.3) is 0 Å². The lowest BCUT2D eigenvalue weighted by molar-refractivity contribution is -0.121. The highest BCUT2D eigenvalue weighted by atomic mass is 35.5. The van der Waals surface area contributed by atoms with Gasteiger partial charge in [0, 0.05) is 23.6 Å². The van der Waals surface area contributed by atoms with Gasteiger partial charge >= 0.3 is 0 Å². The Morgan fingerprint density at radius 3 is 2.57 bits per heavy atom. The van der Waals surface area contributed by atoms with Crippen LogP contribution < -0.4 is 14.8 Å². The first-order valence-electron chi connectivity index (χ1n) is 7.35. The van der Waals surface area contributed by atoms with E-state index in [0.29, 0.717) is 24.4 Å². The summed E-state index contributed by atoms with van der Waals surface area (Å²) in [7, 11) is 3.21. The number of benzene rings is 2. The molecule has 2 aromatic rings. The molecule has 23 heavy (non-hydrogen) atoms. The van der Waals surface area contributed by atoms with Gasteiger partial charge in [0.2, 0.25) is 5.91 Å². The summed E-state index contributed by atoms with van der Waals surface area (Å²) in [5.41, 5.74) is 1.85. The van der Waals surface area contributed by atoms with E-state index in [1.165, 1.54) is 0 Å². The number of nitrogens with one attached hydrogen (secondary N) is 1. The number of aryl methyl sites for hydroxylation is 1. The van der Waals surface area contributed by atoms with Gasteiger partial charge in [-0.15, -0.1) is 0 Å². The molecule has 0 fully saturated rings. The van der Waals surface area contributed by atoms with Gasteiger partial charge in [-0.1, -0.05) is 29.8 Å². The van der Waals surface area contributed by atoms with Crippen molar-refractivity contribution in [3.63, 3.8) is 0 Å². The fourth-order valence-corrected chi connectivity index (χ4v) is 2.48. The van der Waals surface area contributed by atoms with E-state index in [2.05, 4.69) is 5.32 Å². The molecule has 0 saturated heterocycles. The molecule has 0 saturated carbocycles. The number of halogens is 1. The number of amides is 1. The number of carbonyl (C=O) groups is 1. The molecule has 0 aliphatic carbocycles. The molecule has 122 valence electrons. The van der Waals surface area contributed by atoms with E-state index in [1.54, 1.807) is 14.2 Å². The maximum absolute atomic E-state index is 12.0. The number of ether oxygens (including phenoxy) is 2. The minimum Gasteiger partial charge on any atom is -0.497 e. The second kappa shape index (κ2) is 8.44. The van der Waals surface area contributed by atoms with Crippen molar-refractivity contribution in [2.24, 2.45) is 0 Å². The second-order valence-electron chi connectivity index (χ2n) is 5.05. The first-order chi connectivity index (χ1) is 11.1. The van der Waals surface area contributed by atoms with E-state index in [4.69, 9.17) is 21.1 Å². The molecule has 0 aliphatic heterocycles. The van der Waals surface area contributed by atoms with Crippen LogP contribution in [-0.4, -0.2) is 20.1 Å². The molecule has 0 heterocycles. The largest absolute Gasteiger partial charge is 0.497 e. The molecule has 0 spiro atoms. The van der Waals surface area contributed by atoms with Gasteiger partial charge in [-0.05, 0) is 36.2 Å². The van der Waals surface area contributed by atoms with Crippen LogP contribution in [0.15, 0.2) is 42.5 Å². The molecule has 2 rings (SSSR count). The molecule has 0 aliphatic rings. The SMILES string of the molecule is COc1ccc(OC)c(CNC(=O)CCc2ccccc2Cl)c1. The summed E-state index contributed by atoms with van der Waals surface area (Å²) < 4.78 is 10.5. The predicted molar refractivity (Wildman–Crippen MR) is 91.2 cm³/mol. The van der Waals surface area contributed by atoms with E-state index in [9.17, 15) is 4.79 Å². The van der Waals surface area contributed by atoms with E-state index in [0.717, 1.165) is 22.6 Å². The van der Waals surface area contributed by atoms with Crippen molar-refractivity contribution in [2.45, 2.75) is 19.4 Å². The molecule has 4 nitrogen and oxygen atoms in total. The van der Waals surface area contributed by atoms with Crippen molar-refractivity contribution in [1.29, 1.82) is 0 Å². The summed E-state index contributed by atoms with van der Waals surface area (Å²) in [5.74, 6) is 1.41. The minimum absolute atomic E-state index is 0.0326. The van der Waals surface area contributed by atoms with Gasteiger partial charge in [-0.2, -0.15) is 0 Å². The van der Waals surface area contributed by atoms with Crippen molar-refractivity contribution < 1.29 is 14.3 Å². The Morgan fingerprint density at radius 1 is 1.09 bits per heavy atom. The second-order valence-corrected chi connectivity index (χ2v) is 5.45. The predicted octanol–water partition coefficient (Wildman–Crippen LogP) is 3.61. The van der Waals surface area contributed by atoms with Gasteiger partial charge in [-0.3, -0.25) is 4.79 Å². The monoisotopic (exact) mass is 333 g/mol. The zero-order valence-corrected chi connectivity index (χ0v) is 14.0. The Hall–Kier alpha value is -2.20. The van der Waals surface area contributed by atoms with Crippen molar-refractivity contribution in [1.82, 2.24) is 5.32 Å². The zero-order valence-electron chi connectivity index (χ0n) is 13.3. The summed E-state index contributed by atoms with van der Waals surface area (Å²) in [4.78, 5) is 12.0. The molecule has 1 amide bonds. The van der Waals surface area contributed by atoms with Crippen LogP contribution in [0.4, 0.5) is 0 Å². The lowest BCUT2D eigenvalue weighted by atomic mass is 10.1. The quantitative estimate of drug-likeness (QED) is 0.842. The number of hydrogen-bond acceptors (Lipinski definition) is 3. The number of hydrogen-bond donors (Lipinski definition) is 1. The smallest absolute Gasteiger partial charge is 0.220 e. The average Bonchev–Trinajstić information content (AvgIpc) is 2.58. The van der Waals surface area contributed by atoms with Crippen LogP contribution in [0.3, 0.4) is 0 Å². The summed E-state index contributed by atoms with van der Waals surface area (Å²) in [6.45, 7) is 0.391. The van der Waals surface area contributed by atoms with Crippen LogP contribution >= 0.6 is 11.6 Å². The third kappa shape index (κ3) is 4.89. The number of rotatable bonds is 7. The summed E-state index contributed by atoms with van der Waals surface area (Å²) in [6, 6.07) is 13.1. The summed E-state index contributed by atoms with van der Waals surface area (Å²) >= 11 is 6.09. The van der Waals surface area contributed by atoms with Crippen LogP contribution in [0.1, 0.15) is 17.5 Å². The van der Waals surface area contributed by atoms with Crippen molar-refractivity contribution in [3.05, 3.63) is 58.6 Å². The molecule has 0 radical (unpaired) electrons. The van der Waals surface area contributed by atoms with Crippen molar-refractivity contribution in [2.75, 3.05) is 14.2 Å². The molecule has 5 heteroatoms. The highest BCUT2D eigenvalue weighted by molar-refractivity contribution is 6.31. The van der Waals surface area contributed by atoms with Crippen LogP contribution in [0.25, 0.3) is 0 Å². The van der Waals surface area contributed by atoms with Gasteiger partial charge < -0.3 is 14.8 Å². The van der Waals surface area contributed by atoms with E-state index < -0.39 is 0 Å².